The predicted molar refractivity (Wildman–Crippen MR) is 80.8 cm³/mol. The molecular weight excluding hydrogens is 332 g/mol. The Hall–Kier alpha value is -0.780. The summed E-state index contributed by atoms with van der Waals surface area (Å²) < 4.78 is 6.56. The van der Waals surface area contributed by atoms with Crippen molar-refractivity contribution >= 4 is 34.2 Å². The monoisotopic (exact) mass is 348 g/mol. The molecule has 1 aliphatic heterocycles. The molecule has 1 unspecified atom stereocenters. The molecule has 0 bridgehead atoms. The molecule has 6 heteroatoms. The normalized spacial score (nSPS) is 15.9. The maximum absolute atomic E-state index is 11.8. The highest BCUT2D eigenvalue weighted by Crippen LogP contribution is 2.17. The van der Waals surface area contributed by atoms with E-state index in [1.807, 2.05) is 24.3 Å². The van der Waals surface area contributed by atoms with E-state index in [0.29, 0.717) is 11.7 Å². The zero-order valence-electron chi connectivity index (χ0n) is 10.7. The first kappa shape index (κ1) is 16.3. The second-order valence-electron chi connectivity index (χ2n) is 4.48. The summed E-state index contributed by atoms with van der Waals surface area (Å²) in [6, 6.07) is 7.45. The Balaban J connectivity index is 0.00000180. The van der Waals surface area contributed by atoms with Crippen molar-refractivity contribution in [3.8, 4) is 5.75 Å². The number of rotatable bonds is 5. The van der Waals surface area contributed by atoms with Gasteiger partial charge in [0.1, 0.15) is 5.75 Å². The molecule has 1 atom stereocenters. The minimum Gasteiger partial charge on any atom is -0.481 e. The molecule has 4 nitrogen and oxygen atoms in total. The summed E-state index contributed by atoms with van der Waals surface area (Å²) in [5.74, 6) is 1.20. The molecule has 0 aliphatic carbocycles. The summed E-state index contributed by atoms with van der Waals surface area (Å²) in [7, 11) is 0. The number of amides is 1. The van der Waals surface area contributed by atoms with Crippen molar-refractivity contribution in [3.63, 3.8) is 0 Å². The van der Waals surface area contributed by atoms with Crippen LogP contribution in [0.5, 0.6) is 5.75 Å². The molecule has 0 spiro atoms. The number of benzene rings is 1. The van der Waals surface area contributed by atoms with Crippen molar-refractivity contribution in [2.24, 2.45) is 5.92 Å². The first-order valence-electron chi connectivity index (χ1n) is 6.06. The van der Waals surface area contributed by atoms with E-state index in [9.17, 15) is 4.79 Å². The maximum atomic E-state index is 11.8. The Morgan fingerprint density at radius 1 is 1.47 bits per heavy atom. The van der Waals surface area contributed by atoms with Crippen LogP contribution in [0, 0.1) is 5.92 Å². The van der Waals surface area contributed by atoms with Gasteiger partial charge in [-0.3, -0.25) is 4.79 Å². The summed E-state index contributed by atoms with van der Waals surface area (Å²) in [5, 5.41) is 6.08. The topological polar surface area (TPSA) is 50.4 Å². The number of carbonyl (C=O) groups is 1. The Bertz CT molecular complexity index is 410. The van der Waals surface area contributed by atoms with Crippen molar-refractivity contribution in [1.29, 1.82) is 0 Å². The lowest BCUT2D eigenvalue weighted by Crippen LogP contribution is -2.49. The summed E-state index contributed by atoms with van der Waals surface area (Å²) >= 11 is 3.35. The number of hydrogen-bond acceptors (Lipinski definition) is 3. The Morgan fingerprint density at radius 2 is 2.11 bits per heavy atom. The average Bonchev–Trinajstić information content (AvgIpc) is 2.30. The molecule has 1 fully saturated rings. The fourth-order valence-corrected chi connectivity index (χ4v) is 1.92. The smallest absolute Gasteiger partial charge is 0.260 e. The van der Waals surface area contributed by atoms with E-state index in [0.717, 1.165) is 24.1 Å². The van der Waals surface area contributed by atoms with Crippen LogP contribution < -0.4 is 15.4 Å². The highest BCUT2D eigenvalue weighted by molar-refractivity contribution is 9.10. The molecule has 0 saturated carbocycles. The third-order valence-corrected chi connectivity index (χ3v) is 3.46. The van der Waals surface area contributed by atoms with Crippen molar-refractivity contribution in [2.45, 2.75) is 13.0 Å². The molecule has 0 aromatic heterocycles. The maximum Gasteiger partial charge on any atom is 0.260 e. The number of ether oxygens (including phenoxy) is 1. The van der Waals surface area contributed by atoms with E-state index in [1.165, 1.54) is 0 Å². The van der Waals surface area contributed by atoms with Gasteiger partial charge >= 0.3 is 0 Å². The van der Waals surface area contributed by atoms with Crippen molar-refractivity contribution in [2.75, 3.05) is 19.6 Å². The van der Waals surface area contributed by atoms with E-state index >= 15 is 0 Å². The third-order valence-electron chi connectivity index (χ3n) is 2.93. The Kier molecular flexibility index (Phi) is 6.62. The minimum absolute atomic E-state index is 0. The van der Waals surface area contributed by atoms with Gasteiger partial charge in [-0.1, -0.05) is 15.9 Å². The molecule has 1 heterocycles. The quantitative estimate of drug-likeness (QED) is 0.854. The summed E-state index contributed by atoms with van der Waals surface area (Å²) in [6.45, 7) is 4.46. The van der Waals surface area contributed by atoms with Gasteiger partial charge in [-0.05, 0) is 31.2 Å². The van der Waals surface area contributed by atoms with Crippen LogP contribution in [-0.4, -0.2) is 31.6 Å². The van der Waals surface area contributed by atoms with Gasteiger partial charge in [0, 0.05) is 30.0 Å². The lowest BCUT2D eigenvalue weighted by atomic mass is 10.0. The molecule has 1 saturated heterocycles. The number of carbonyl (C=O) groups excluding carboxylic acids is 1. The molecule has 1 amide bonds. The van der Waals surface area contributed by atoms with E-state index in [-0.39, 0.29) is 18.3 Å². The molecular formula is C13H18BrClN2O2. The fourth-order valence-electron chi connectivity index (χ4n) is 1.65. The second-order valence-corrected chi connectivity index (χ2v) is 5.40. The molecule has 1 aliphatic rings. The fraction of sp³-hybridized carbons (Fsp3) is 0.462. The van der Waals surface area contributed by atoms with E-state index < -0.39 is 6.10 Å². The van der Waals surface area contributed by atoms with E-state index in [4.69, 9.17) is 4.74 Å². The molecule has 0 radical (unpaired) electrons. The zero-order valence-corrected chi connectivity index (χ0v) is 13.1. The molecule has 2 rings (SSSR count). The largest absolute Gasteiger partial charge is 0.481 e. The highest BCUT2D eigenvalue weighted by atomic mass is 79.9. The van der Waals surface area contributed by atoms with Gasteiger partial charge in [0.05, 0.1) is 0 Å². The van der Waals surface area contributed by atoms with Crippen LogP contribution in [0.1, 0.15) is 6.92 Å². The van der Waals surface area contributed by atoms with Gasteiger partial charge in [0.2, 0.25) is 0 Å². The molecule has 19 heavy (non-hydrogen) atoms. The summed E-state index contributed by atoms with van der Waals surface area (Å²) in [5.41, 5.74) is 0. The van der Waals surface area contributed by atoms with Gasteiger partial charge in [0.25, 0.3) is 5.91 Å². The summed E-state index contributed by atoms with van der Waals surface area (Å²) in [4.78, 5) is 11.8. The van der Waals surface area contributed by atoms with Gasteiger partial charge in [-0.2, -0.15) is 0 Å². The number of nitrogens with one attached hydrogen (secondary N) is 2. The van der Waals surface area contributed by atoms with Crippen molar-refractivity contribution in [1.82, 2.24) is 10.6 Å². The first-order chi connectivity index (χ1) is 8.65. The lowest BCUT2D eigenvalue weighted by Gasteiger charge is -2.27. The van der Waals surface area contributed by atoms with E-state index in [1.54, 1.807) is 6.92 Å². The molecule has 2 N–H and O–H groups in total. The Morgan fingerprint density at radius 3 is 2.63 bits per heavy atom. The minimum atomic E-state index is -0.473. The van der Waals surface area contributed by atoms with Crippen LogP contribution in [0.2, 0.25) is 0 Å². The van der Waals surface area contributed by atoms with Gasteiger partial charge in [-0.25, -0.2) is 0 Å². The van der Waals surface area contributed by atoms with Crippen LogP contribution in [-0.2, 0) is 4.79 Å². The molecule has 106 valence electrons. The second kappa shape index (κ2) is 7.72. The first-order valence-corrected chi connectivity index (χ1v) is 6.85. The standard InChI is InChI=1S/C13H17BrN2O2.ClH/c1-9(13(17)16-8-10-6-15-7-10)18-12-4-2-11(14)3-5-12;/h2-5,9-10,15H,6-8H2,1H3,(H,16,17);1H. The van der Waals surface area contributed by atoms with Gasteiger partial charge in [-0.15, -0.1) is 12.4 Å². The molecule has 1 aromatic rings. The summed E-state index contributed by atoms with van der Waals surface area (Å²) in [6.07, 6.45) is -0.473. The number of halogens is 2. The van der Waals surface area contributed by atoms with Crippen LogP contribution in [0.25, 0.3) is 0 Å². The van der Waals surface area contributed by atoms with Crippen LogP contribution in [0.15, 0.2) is 28.7 Å². The SMILES string of the molecule is CC(Oc1ccc(Br)cc1)C(=O)NCC1CNC1.Cl. The Labute approximate surface area is 127 Å². The van der Waals surface area contributed by atoms with Gasteiger partial charge < -0.3 is 15.4 Å². The van der Waals surface area contributed by atoms with Gasteiger partial charge in [0.15, 0.2) is 6.10 Å². The van der Waals surface area contributed by atoms with Crippen LogP contribution in [0.4, 0.5) is 0 Å². The number of hydrogen-bond donors (Lipinski definition) is 2. The van der Waals surface area contributed by atoms with Crippen LogP contribution in [0.3, 0.4) is 0 Å². The highest BCUT2D eigenvalue weighted by Gasteiger charge is 2.20. The third kappa shape index (κ3) is 5.01. The lowest BCUT2D eigenvalue weighted by molar-refractivity contribution is -0.127. The zero-order chi connectivity index (χ0) is 13.0. The van der Waals surface area contributed by atoms with Crippen molar-refractivity contribution in [3.05, 3.63) is 28.7 Å². The van der Waals surface area contributed by atoms with Crippen molar-refractivity contribution < 1.29 is 9.53 Å². The van der Waals surface area contributed by atoms with E-state index in [2.05, 4.69) is 26.6 Å². The van der Waals surface area contributed by atoms with Crippen LogP contribution >= 0.6 is 28.3 Å². The predicted octanol–water partition coefficient (Wildman–Crippen LogP) is 1.97. The average molecular weight is 350 g/mol. The molecule has 1 aromatic carbocycles.